The van der Waals surface area contributed by atoms with E-state index < -0.39 is 6.10 Å². The van der Waals surface area contributed by atoms with Gasteiger partial charge in [0.05, 0.1) is 36.3 Å². The number of aliphatic hydroxyl groups excluding tert-OH is 1. The van der Waals surface area contributed by atoms with E-state index in [4.69, 9.17) is 4.74 Å². The van der Waals surface area contributed by atoms with Crippen molar-refractivity contribution in [2.45, 2.75) is 76.5 Å². The molecule has 2 unspecified atom stereocenters. The van der Waals surface area contributed by atoms with Gasteiger partial charge in [-0.3, -0.25) is 9.59 Å². The Morgan fingerprint density at radius 1 is 1.13 bits per heavy atom. The highest BCUT2D eigenvalue weighted by Gasteiger charge is 2.61. The zero-order valence-corrected chi connectivity index (χ0v) is 18.1. The lowest BCUT2D eigenvalue weighted by Gasteiger charge is -2.31. The Labute approximate surface area is 180 Å². The molecule has 1 aliphatic heterocycles. The smallest absolute Gasteiger partial charge is 0.254 e. The molecule has 0 saturated heterocycles. The van der Waals surface area contributed by atoms with Crippen molar-refractivity contribution in [3.05, 3.63) is 16.0 Å². The highest BCUT2D eigenvalue weighted by molar-refractivity contribution is 7.17. The van der Waals surface area contributed by atoms with Crippen LogP contribution >= 0.6 is 11.3 Å². The van der Waals surface area contributed by atoms with Crippen LogP contribution in [-0.2, 0) is 22.6 Å². The van der Waals surface area contributed by atoms with E-state index in [0.717, 1.165) is 42.5 Å². The van der Waals surface area contributed by atoms with Crippen LogP contribution in [0.4, 0.5) is 5.00 Å². The lowest BCUT2D eigenvalue weighted by molar-refractivity contribution is -0.127. The lowest BCUT2D eigenvalue weighted by atomic mass is 9.75. The molecule has 4 atom stereocenters. The minimum absolute atomic E-state index is 0.131. The normalized spacial score (nSPS) is 38.6. The number of carbonyl (C=O) groups excluding carboxylic acids is 2. The van der Waals surface area contributed by atoms with Gasteiger partial charge >= 0.3 is 0 Å². The van der Waals surface area contributed by atoms with Crippen molar-refractivity contribution in [3.63, 3.8) is 0 Å². The van der Waals surface area contributed by atoms with Crippen molar-refractivity contribution in [1.82, 2.24) is 5.32 Å². The van der Waals surface area contributed by atoms with E-state index in [1.807, 2.05) is 0 Å². The predicted octanol–water partition coefficient (Wildman–Crippen LogP) is 3.23. The van der Waals surface area contributed by atoms with E-state index in [-0.39, 0.29) is 23.3 Å². The molecule has 5 saturated carbocycles. The van der Waals surface area contributed by atoms with E-state index in [1.165, 1.54) is 30.6 Å². The topological polar surface area (TPSA) is 87.7 Å². The molecule has 30 heavy (non-hydrogen) atoms. The molecule has 7 heteroatoms. The molecule has 1 aromatic heterocycles. The number of aliphatic hydroxyl groups is 1. The number of nitrogens with one attached hydrogen (secondary N) is 2. The van der Waals surface area contributed by atoms with Gasteiger partial charge in [-0.25, -0.2) is 0 Å². The molecule has 2 heterocycles. The fourth-order valence-electron chi connectivity index (χ4n) is 7.30. The Morgan fingerprint density at radius 2 is 1.93 bits per heavy atom. The summed E-state index contributed by atoms with van der Waals surface area (Å²) in [4.78, 5) is 27.9. The molecule has 162 valence electrons. The highest BCUT2D eigenvalue weighted by atomic mass is 32.1. The summed E-state index contributed by atoms with van der Waals surface area (Å²) in [6, 6.07) is -0.198. The molecule has 3 N–H and O–H groups in total. The molecule has 0 spiro atoms. The van der Waals surface area contributed by atoms with Crippen LogP contribution in [0.2, 0.25) is 0 Å². The van der Waals surface area contributed by atoms with Crippen LogP contribution in [0.1, 0.15) is 72.2 Å². The maximum atomic E-state index is 13.6. The van der Waals surface area contributed by atoms with E-state index in [0.29, 0.717) is 48.0 Å². The zero-order chi connectivity index (χ0) is 20.5. The summed E-state index contributed by atoms with van der Waals surface area (Å²) in [6.45, 7) is 1.10. The number of amides is 2. The first-order valence-corrected chi connectivity index (χ1v) is 12.4. The second-order valence-electron chi connectivity index (χ2n) is 10.2. The quantitative estimate of drug-likeness (QED) is 0.684. The second kappa shape index (κ2) is 7.04. The number of rotatable bonds is 4. The molecule has 7 rings (SSSR count). The Hall–Kier alpha value is -1.44. The average molecular weight is 431 g/mol. The summed E-state index contributed by atoms with van der Waals surface area (Å²) < 4.78 is 5.61. The van der Waals surface area contributed by atoms with Crippen molar-refractivity contribution < 1.29 is 19.4 Å². The van der Waals surface area contributed by atoms with Crippen molar-refractivity contribution in [2.24, 2.45) is 23.2 Å². The molecule has 0 radical (unpaired) electrons. The van der Waals surface area contributed by atoms with Gasteiger partial charge in [0, 0.05) is 4.88 Å². The van der Waals surface area contributed by atoms with Gasteiger partial charge in [0.25, 0.3) is 5.91 Å². The van der Waals surface area contributed by atoms with Gasteiger partial charge in [-0.2, -0.15) is 0 Å². The number of anilines is 1. The van der Waals surface area contributed by atoms with Crippen molar-refractivity contribution >= 4 is 28.2 Å². The van der Waals surface area contributed by atoms with Crippen LogP contribution in [0.25, 0.3) is 0 Å². The first kappa shape index (κ1) is 19.3. The molecule has 6 nitrogen and oxygen atoms in total. The number of hydrogen-bond acceptors (Lipinski definition) is 5. The molecular weight excluding hydrogens is 400 g/mol. The van der Waals surface area contributed by atoms with E-state index in [1.54, 1.807) is 0 Å². The van der Waals surface area contributed by atoms with Gasteiger partial charge in [0.2, 0.25) is 5.91 Å². The Morgan fingerprint density at radius 3 is 2.67 bits per heavy atom. The Balaban J connectivity index is 1.29. The van der Waals surface area contributed by atoms with Gasteiger partial charge in [0.15, 0.2) is 0 Å². The summed E-state index contributed by atoms with van der Waals surface area (Å²) in [5.74, 6) is 1.91. The summed E-state index contributed by atoms with van der Waals surface area (Å²) in [5, 5.41) is 17.1. The summed E-state index contributed by atoms with van der Waals surface area (Å²) in [6.07, 6.45) is 8.41. The van der Waals surface area contributed by atoms with E-state index >= 15 is 0 Å². The van der Waals surface area contributed by atoms with Gasteiger partial charge < -0.3 is 20.5 Å². The maximum Gasteiger partial charge on any atom is 0.254 e. The summed E-state index contributed by atoms with van der Waals surface area (Å²) >= 11 is 1.50. The molecular formula is C23H30N2O4S. The summed E-state index contributed by atoms with van der Waals surface area (Å²) in [5.41, 5.74) is 1.41. The van der Waals surface area contributed by atoms with Crippen LogP contribution in [0.3, 0.4) is 0 Å². The SMILES string of the molecule is O=C(N[C@@H]1CCC[C@H]1O)c1c(NC(=O)C23CC4CC(CC2C4)C3)sc2c1CCOC2. The fraction of sp³-hybridized carbons (Fsp3) is 0.739. The molecule has 1 aromatic rings. The average Bonchev–Trinajstić information content (AvgIpc) is 3.42. The number of fused-ring (bicyclic) bond motifs is 1. The third kappa shape index (κ3) is 2.88. The standard InChI is InChI=1S/C23H30N2O4S/c26-17-3-1-2-16(17)24-20(27)19-15-4-5-29-11-18(15)30-21(19)25-22(28)23-9-12-6-13(10-23)8-14(23)7-12/h12-14,16-17,26H,1-11H2,(H,24,27)(H,25,28)/t12?,13?,14?,16-,17-,23?/m1/s1. The van der Waals surface area contributed by atoms with Crippen LogP contribution in [-0.4, -0.2) is 35.7 Å². The molecule has 5 fully saturated rings. The van der Waals surface area contributed by atoms with Crippen LogP contribution in [0.5, 0.6) is 0 Å². The van der Waals surface area contributed by atoms with Gasteiger partial charge in [-0.15, -0.1) is 11.3 Å². The molecule has 0 aromatic carbocycles. The third-order valence-electron chi connectivity index (χ3n) is 8.51. The van der Waals surface area contributed by atoms with Crippen LogP contribution in [0.15, 0.2) is 0 Å². The molecule has 2 amide bonds. The molecule has 4 bridgehead atoms. The number of hydrogen-bond donors (Lipinski definition) is 3. The minimum Gasteiger partial charge on any atom is -0.391 e. The molecule has 5 aliphatic carbocycles. The van der Waals surface area contributed by atoms with Crippen LogP contribution < -0.4 is 10.6 Å². The number of thiophene rings is 1. The van der Waals surface area contributed by atoms with Crippen LogP contribution in [0, 0.1) is 23.2 Å². The third-order valence-corrected chi connectivity index (χ3v) is 9.63. The largest absolute Gasteiger partial charge is 0.391 e. The number of carbonyl (C=O) groups is 2. The van der Waals surface area contributed by atoms with Crippen molar-refractivity contribution in [1.29, 1.82) is 0 Å². The van der Waals surface area contributed by atoms with Gasteiger partial charge in [0.1, 0.15) is 5.00 Å². The van der Waals surface area contributed by atoms with Crippen molar-refractivity contribution in [3.8, 4) is 0 Å². The monoisotopic (exact) mass is 430 g/mol. The van der Waals surface area contributed by atoms with E-state index in [2.05, 4.69) is 10.6 Å². The lowest BCUT2D eigenvalue weighted by Crippen LogP contribution is -2.41. The second-order valence-corrected chi connectivity index (χ2v) is 11.3. The zero-order valence-electron chi connectivity index (χ0n) is 17.2. The maximum absolute atomic E-state index is 13.6. The van der Waals surface area contributed by atoms with E-state index in [9.17, 15) is 14.7 Å². The minimum atomic E-state index is -0.479. The number of ether oxygens (including phenoxy) is 1. The first-order chi connectivity index (χ1) is 14.5. The van der Waals surface area contributed by atoms with Gasteiger partial charge in [-0.1, -0.05) is 0 Å². The predicted molar refractivity (Wildman–Crippen MR) is 113 cm³/mol. The Kier molecular flexibility index (Phi) is 4.52. The van der Waals surface area contributed by atoms with Crippen molar-refractivity contribution in [2.75, 3.05) is 11.9 Å². The Bertz CT molecular complexity index is 882. The molecule has 6 aliphatic rings. The fourth-order valence-corrected chi connectivity index (χ4v) is 8.48. The van der Waals surface area contributed by atoms with Gasteiger partial charge in [-0.05, 0) is 81.1 Å². The first-order valence-electron chi connectivity index (χ1n) is 11.6. The highest BCUT2D eigenvalue weighted by Crippen LogP contribution is 2.65. The summed E-state index contributed by atoms with van der Waals surface area (Å²) in [7, 11) is 0.